The summed E-state index contributed by atoms with van der Waals surface area (Å²) in [4.78, 5) is 11.8. The van der Waals surface area contributed by atoms with Crippen LogP contribution >= 0.6 is 0 Å². The number of fused-ring (bicyclic) bond motifs is 1. The molecular weight excluding hydrogens is 384 g/mol. The van der Waals surface area contributed by atoms with E-state index in [9.17, 15) is 25.2 Å². The van der Waals surface area contributed by atoms with Crippen molar-refractivity contribution in [2.75, 3.05) is 6.61 Å². The second-order valence-electron chi connectivity index (χ2n) is 7.23. The predicted molar refractivity (Wildman–Crippen MR) is 116 cm³/mol. The number of carbonyl (C=O) groups is 1. The van der Waals surface area contributed by atoms with Gasteiger partial charge in [-0.05, 0) is 30.4 Å². The fraction of sp³-hybridized carbons (Fsp3) is 0.292. The van der Waals surface area contributed by atoms with E-state index in [1.165, 1.54) is 12.1 Å². The molecule has 6 nitrogen and oxygen atoms in total. The summed E-state index contributed by atoms with van der Waals surface area (Å²) in [6.07, 6.45) is 2.69. The Morgan fingerprint density at radius 3 is 2.40 bits per heavy atom. The molecule has 0 saturated carbocycles. The van der Waals surface area contributed by atoms with Crippen LogP contribution in [0.2, 0.25) is 0 Å². The van der Waals surface area contributed by atoms with Gasteiger partial charge in [-0.25, -0.2) is 4.79 Å². The van der Waals surface area contributed by atoms with E-state index in [1.54, 1.807) is 24.3 Å². The summed E-state index contributed by atoms with van der Waals surface area (Å²) in [6.45, 7) is 4.29. The van der Waals surface area contributed by atoms with E-state index in [-0.39, 0.29) is 39.7 Å². The summed E-state index contributed by atoms with van der Waals surface area (Å²) >= 11 is 0. The quantitative estimate of drug-likeness (QED) is 0.368. The van der Waals surface area contributed by atoms with Crippen molar-refractivity contribution in [3.63, 3.8) is 0 Å². The van der Waals surface area contributed by atoms with Gasteiger partial charge in [-0.3, -0.25) is 0 Å². The number of phenolic OH excluding ortho intramolecular Hbond substituents is 2. The van der Waals surface area contributed by atoms with Crippen molar-refractivity contribution in [2.45, 2.75) is 39.5 Å². The molecule has 0 bridgehead atoms. The molecule has 0 aliphatic rings. The lowest BCUT2D eigenvalue weighted by Crippen LogP contribution is -2.07. The minimum absolute atomic E-state index is 0.0834. The summed E-state index contributed by atoms with van der Waals surface area (Å²) < 4.78 is 5.98. The first kappa shape index (κ1) is 21.3. The van der Waals surface area contributed by atoms with Gasteiger partial charge in [0.25, 0.3) is 0 Å². The minimum atomic E-state index is -1.30. The molecule has 0 amide bonds. The maximum Gasteiger partial charge on any atom is 0.339 e. The first-order valence-electron chi connectivity index (χ1n) is 10.1. The third-order valence-corrected chi connectivity index (χ3v) is 5.09. The summed E-state index contributed by atoms with van der Waals surface area (Å²) in [5.74, 6) is -1.73. The molecule has 3 aromatic rings. The fourth-order valence-corrected chi connectivity index (χ4v) is 3.60. The van der Waals surface area contributed by atoms with Gasteiger partial charge in [0, 0.05) is 16.5 Å². The van der Waals surface area contributed by atoms with Crippen LogP contribution in [0.4, 0.5) is 0 Å². The highest BCUT2D eigenvalue weighted by molar-refractivity contribution is 6.01. The molecule has 0 radical (unpaired) electrons. The topological polar surface area (TPSA) is 107 Å². The summed E-state index contributed by atoms with van der Waals surface area (Å²) in [6, 6.07) is 9.82. The summed E-state index contributed by atoms with van der Waals surface area (Å²) in [7, 11) is 0. The Labute approximate surface area is 175 Å². The van der Waals surface area contributed by atoms with Gasteiger partial charge in [0.05, 0.1) is 12.2 Å². The van der Waals surface area contributed by atoms with E-state index >= 15 is 0 Å². The van der Waals surface area contributed by atoms with Gasteiger partial charge < -0.3 is 25.2 Å². The Hall–Kier alpha value is -3.41. The molecule has 3 aromatic carbocycles. The number of phenols is 3. The maximum absolute atomic E-state index is 11.8. The van der Waals surface area contributed by atoms with Crippen LogP contribution in [-0.2, 0) is 6.42 Å². The third-order valence-electron chi connectivity index (χ3n) is 5.09. The molecular formula is C24H26O6. The first-order chi connectivity index (χ1) is 14.4. The number of aromatic carboxylic acids is 1. The van der Waals surface area contributed by atoms with Crippen LogP contribution in [0, 0.1) is 0 Å². The monoisotopic (exact) mass is 410 g/mol. The summed E-state index contributed by atoms with van der Waals surface area (Å²) in [5, 5.41) is 43.1. The molecule has 0 aliphatic carbocycles. The standard InChI is InChI=1S/C24H26O6/c1-3-5-11-30-23-16(8-4-2)21(26)18(24(28)29)13-17(23)20-19(25)12-14-9-6-7-10-15(14)22(20)27/h6-7,9-10,12-13,25-27H,3-5,8,11H2,1-2H3,(H,28,29). The van der Waals surface area contributed by atoms with Gasteiger partial charge in [0.15, 0.2) is 0 Å². The lowest BCUT2D eigenvalue weighted by atomic mass is 9.92. The lowest BCUT2D eigenvalue weighted by molar-refractivity contribution is 0.0693. The van der Waals surface area contributed by atoms with Crippen molar-refractivity contribution in [3.05, 3.63) is 47.5 Å². The lowest BCUT2D eigenvalue weighted by Gasteiger charge is -2.20. The number of hydrogen-bond acceptors (Lipinski definition) is 5. The van der Waals surface area contributed by atoms with Crippen LogP contribution in [0.1, 0.15) is 49.0 Å². The van der Waals surface area contributed by atoms with Gasteiger partial charge in [0.1, 0.15) is 28.6 Å². The number of carboxylic acids is 1. The molecule has 0 spiro atoms. The smallest absolute Gasteiger partial charge is 0.339 e. The Morgan fingerprint density at radius 2 is 1.73 bits per heavy atom. The van der Waals surface area contributed by atoms with Gasteiger partial charge in [-0.2, -0.15) is 0 Å². The van der Waals surface area contributed by atoms with E-state index < -0.39 is 5.97 Å². The average molecular weight is 410 g/mol. The number of hydrogen-bond donors (Lipinski definition) is 4. The number of ether oxygens (including phenoxy) is 1. The highest BCUT2D eigenvalue weighted by atomic mass is 16.5. The Morgan fingerprint density at radius 1 is 1.00 bits per heavy atom. The molecule has 158 valence electrons. The number of aromatic hydroxyl groups is 3. The fourth-order valence-electron chi connectivity index (χ4n) is 3.60. The average Bonchev–Trinajstić information content (AvgIpc) is 2.71. The zero-order chi connectivity index (χ0) is 21.8. The van der Waals surface area contributed by atoms with Crippen LogP contribution in [0.3, 0.4) is 0 Å². The van der Waals surface area contributed by atoms with Crippen LogP contribution in [0.15, 0.2) is 36.4 Å². The highest BCUT2D eigenvalue weighted by Crippen LogP contribution is 2.49. The van der Waals surface area contributed by atoms with Crippen molar-refractivity contribution in [1.29, 1.82) is 0 Å². The van der Waals surface area contributed by atoms with Crippen LogP contribution in [0.25, 0.3) is 21.9 Å². The number of unbranched alkanes of at least 4 members (excludes halogenated alkanes) is 1. The third kappa shape index (κ3) is 3.85. The Kier molecular flexibility index (Phi) is 6.35. The predicted octanol–water partition coefficient (Wildman–Crippen LogP) is 5.45. The molecule has 0 heterocycles. The van der Waals surface area contributed by atoms with E-state index in [4.69, 9.17) is 4.74 Å². The minimum Gasteiger partial charge on any atom is -0.507 e. The molecule has 30 heavy (non-hydrogen) atoms. The van der Waals surface area contributed by atoms with Crippen molar-refractivity contribution < 1.29 is 30.0 Å². The van der Waals surface area contributed by atoms with Crippen molar-refractivity contribution >= 4 is 16.7 Å². The second kappa shape index (κ2) is 8.95. The van der Waals surface area contributed by atoms with Gasteiger partial charge in [-0.15, -0.1) is 0 Å². The van der Waals surface area contributed by atoms with E-state index in [1.807, 2.05) is 13.8 Å². The van der Waals surface area contributed by atoms with E-state index in [0.29, 0.717) is 35.8 Å². The Bertz CT molecular complexity index is 1090. The molecule has 0 aromatic heterocycles. The van der Waals surface area contributed by atoms with Crippen LogP contribution in [0.5, 0.6) is 23.0 Å². The van der Waals surface area contributed by atoms with Crippen molar-refractivity contribution in [3.8, 4) is 34.1 Å². The molecule has 6 heteroatoms. The molecule has 4 N–H and O–H groups in total. The van der Waals surface area contributed by atoms with Crippen molar-refractivity contribution in [1.82, 2.24) is 0 Å². The van der Waals surface area contributed by atoms with E-state index in [2.05, 4.69) is 0 Å². The summed E-state index contributed by atoms with van der Waals surface area (Å²) in [5.41, 5.74) is 0.379. The molecule has 3 rings (SSSR count). The number of carboxylic acid groups (broad SMARTS) is 1. The zero-order valence-electron chi connectivity index (χ0n) is 17.1. The normalized spacial score (nSPS) is 11.0. The Balaban J connectivity index is 2.37. The molecule has 0 aliphatic heterocycles. The number of rotatable bonds is 8. The largest absolute Gasteiger partial charge is 0.507 e. The van der Waals surface area contributed by atoms with Gasteiger partial charge >= 0.3 is 5.97 Å². The van der Waals surface area contributed by atoms with Gasteiger partial charge in [-0.1, -0.05) is 51.0 Å². The number of benzene rings is 3. The molecule has 0 fully saturated rings. The second-order valence-corrected chi connectivity index (χ2v) is 7.23. The highest BCUT2D eigenvalue weighted by Gasteiger charge is 2.26. The van der Waals surface area contributed by atoms with Crippen LogP contribution in [-0.4, -0.2) is 33.0 Å². The van der Waals surface area contributed by atoms with Crippen LogP contribution < -0.4 is 4.74 Å². The van der Waals surface area contributed by atoms with Crippen molar-refractivity contribution in [2.24, 2.45) is 0 Å². The molecule has 0 saturated heterocycles. The maximum atomic E-state index is 11.8. The first-order valence-corrected chi connectivity index (χ1v) is 10.1. The molecule has 0 unspecified atom stereocenters. The SMILES string of the molecule is CCCCOc1c(-c2c(O)cc3ccccc3c2O)cc(C(=O)O)c(O)c1CCC. The zero-order valence-corrected chi connectivity index (χ0v) is 17.1. The van der Waals surface area contributed by atoms with Gasteiger partial charge in [0.2, 0.25) is 0 Å². The molecule has 0 atom stereocenters. The van der Waals surface area contributed by atoms with E-state index in [0.717, 1.165) is 12.8 Å².